The Hall–Kier alpha value is -2.78. The standard InChI is InChI=1S/C17H22F3N5O2/c1-10(26)25-7-5-11(6-8-25)23-17(21-2)22-9-14(27)24-13-4-3-12(18)15(19)16(13)20/h3-4,11H,5-9H2,1-2H3,(H,24,27)(H2,21,22,23). The van der Waals surface area contributed by atoms with Gasteiger partial charge >= 0.3 is 0 Å². The first-order valence-corrected chi connectivity index (χ1v) is 8.48. The Kier molecular flexibility index (Phi) is 7.03. The highest BCUT2D eigenvalue weighted by Crippen LogP contribution is 2.19. The van der Waals surface area contributed by atoms with Crippen LogP contribution in [0, 0.1) is 17.5 Å². The van der Waals surface area contributed by atoms with Crippen molar-refractivity contribution in [1.29, 1.82) is 0 Å². The normalized spacial score (nSPS) is 15.4. The van der Waals surface area contributed by atoms with Gasteiger partial charge in [-0.25, -0.2) is 13.2 Å². The minimum absolute atomic E-state index is 0.0390. The van der Waals surface area contributed by atoms with E-state index in [4.69, 9.17) is 0 Å². The maximum atomic E-state index is 13.6. The second kappa shape index (κ2) is 9.24. The fourth-order valence-electron chi connectivity index (χ4n) is 2.71. The molecule has 1 fully saturated rings. The minimum atomic E-state index is -1.64. The number of aliphatic imine (C=N–C) groups is 1. The SMILES string of the molecule is CN=C(NCC(=O)Nc1ccc(F)c(F)c1F)NC1CCN(C(C)=O)CC1. The van der Waals surface area contributed by atoms with E-state index in [9.17, 15) is 22.8 Å². The van der Waals surface area contributed by atoms with Crippen LogP contribution in [0.25, 0.3) is 0 Å². The van der Waals surface area contributed by atoms with Crippen LogP contribution >= 0.6 is 0 Å². The lowest BCUT2D eigenvalue weighted by atomic mass is 10.1. The molecule has 148 valence electrons. The molecule has 0 saturated carbocycles. The van der Waals surface area contributed by atoms with Crippen molar-refractivity contribution in [3.8, 4) is 0 Å². The third kappa shape index (κ3) is 5.60. The summed E-state index contributed by atoms with van der Waals surface area (Å²) in [7, 11) is 1.53. The van der Waals surface area contributed by atoms with E-state index < -0.39 is 29.0 Å². The predicted octanol–water partition coefficient (Wildman–Crippen LogP) is 1.22. The van der Waals surface area contributed by atoms with Crippen LogP contribution in [-0.2, 0) is 9.59 Å². The van der Waals surface area contributed by atoms with E-state index in [-0.39, 0.29) is 18.5 Å². The molecule has 1 heterocycles. The first-order chi connectivity index (χ1) is 12.8. The number of benzene rings is 1. The van der Waals surface area contributed by atoms with Crippen molar-refractivity contribution < 1.29 is 22.8 Å². The van der Waals surface area contributed by atoms with Crippen LogP contribution in [-0.4, -0.2) is 55.4 Å². The zero-order valence-electron chi connectivity index (χ0n) is 15.1. The maximum absolute atomic E-state index is 13.6. The second-order valence-electron chi connectivity index (χ2n) is 6.12. The van der Waals surface area contributed by atoms with Gasteiger partial charge in [0, 0.05) is 33.1 Å². The number of hydrogen-bond acceptors (Lipinski definition) is 3. The van der Waals surface area contributed by atoms with E-state index in [0.717, 1.165) is 25.0 Å². The van der Waals surface area contributed by atoms with Gasteiger partial charge < -0.3 is 20.9 Å². The number of amides is 2. The first-order valence-electron chi connectivity index (χ1n) is 8.48. The molecule has 0 atom stereocenters. The molecule has 2 rings (SSSR count). The van der Waals surface area contributed by atoms with Crippen molar-refractivity contribution in [1.82, 2.24) is 15.5 Å². The largest absolute Gasteiger partial charge is 0.354 e. The number of hydrogen-bond donors (Lipinski definition) is 3. The smallest absolute Gasteiger partial charge is 0.243 e. The van der Waals surface area contributed by atoms with E-state index in [2.05, 4.69) is 20.9 Å². The minimum Gasteiger partial charge on any atom is -0.354 e. The number of carbonyl (C=O) groups excluding carboxylic acids is 2. The summed E-state index contributed by atoms with van der Waals surface area (Å²) in [6.45, 7) is 2.56. The summed E-state index contributed by atoms with van der Waals surface area (Å²) in [4.78, 5) is 29.0. The molecule has 1 aliphatic rings. The number of nitrogens with zero attached hydrogens (tertiary/aromatic N) is 2. The molecule has 10 heteroatoms. The van der Waals surface area contributed by atoms with Gasteiger partial charge in [-0.3, -0.25) is 14.6 Å². The third-order valence-corrected chi connectivity index (χ3v) is 4.23. The van der Waals surface area contributed by atoms with Gasteiger partial charge in [0.15, 0.2) is 23.4 Å². The molecule has 2 amide bonds. The molecule has 0 unspecified atom stereocenters. The highest BCUT2D eigenvalue weighted by atomic mass is 19.2. The van der Waals surface area contributed by atoms with E-state index >= 15 is 0 Å². The molecule has 0 spiro atoms. The van der Waals surface area contributed by atoms with Crippen LogP contribution in [0.2, 0.25) is 0 Å². The zero-order chi connectivity index (χ0) is 20.0. The summed E-state index contributed by atoms with van der Waals surface area (Å²) >= 11 is 0. The van der Waals surface area contributed by atoms with E-state index in [1.165, 1.54) is 14.0 Å². The van der Waals surface area contributed by atoms with Crippen LogP contribution < -0.4 is 16.0 Å². The Morgan fingerprint density at radius 3 is 2.44 bits per heavy atom. The summed E-state index contributed by atoms with van der Waals surface area (Å²) in [6.07, 6.45) is 1.49. The Morgan fingerprint density at radius 2 is 1.85 bits per heavy atom. The number of rotatable bonds is 4. The Morgan fingerprint density at radius 1 is 1.19 bits per heavy atom. The number of piperidine rings is 1. The molecule has 0 aliphatic carbocycles. The monoisotopic (exact) mass is 385 g/mol. The van der Waals surface area contributed by atoms with Crippen molar-refractivity contribution in [2.75, 3.05) is 32.0 Å². The van der Waals surface area contributed by atoms with Crippen molar-refractivity contribution in [2.45, 2.75) is 25.8 Å². The maximum Gasteiger partial charge on any atom is 0.243 e. The number of halogens is 3. The van der Waals surface area contributed by atoms with Gasteiger partial charge in [0.2, 0.25) is 11.8 Å². The van der Waals surface area contributed by atoms with Gasteiger partial charge in [0.05, 0.1) is 12.2 Å². The van der Waals surface area contributed by atoms with Gasteiger partial charge in [0.25, 0.3) is 0 Å². The number of likely N-dealkylation sites (tertiary alicyclic amines) is 1. The van der Waals surface area contributed by atoms with Crippen molar-refractivity contribution in [3.05, 3.63) is 29.6 Å². The molecule has 1 aromatic carbocycles. The van der Waals surface area contributed by atoms with Crippen molar-refractivity contribution in [3.63, 3.8) is 0 Å². The molecule has 1 saturated heterocycles. The van der Waals surface area contributed by atoms with Gasteiger partial charge in [-0.2, -0.15) is 0 Å². The fourth-order valence-corrected chi connectivity index (χ4v) is 2.71. The van der Waals surface area contributed by atoms with Crippen LogP contribution in [0.1, 0.15) is 19.8 Å². The molecule has 3 N–H and O–H groups in total. The molecule has 0 aromatic heterocycles. The average molecular weight is 385 g/mol. The Bertz CT molecular complexity index is 734. The molecular formula is C17H22F3N5O2. The van der Waals surface area contributed by atoms with Gasteiger partial charge in [0.1, 0.15) is 0 Å². The van der Waals surface area contributed by atoms with Crippen LogP contribution in [0.3, 0.4) is 0 Å². The number of carbonyl (C=O) groups is 2. The molecule has 0 bridgehead atoms. The fraction of sp³-hybridized carbons (Fsp3) is 0.471. The van der Waals surface area contributed by atoms with Gasteiger partial charge in [-0.1, -0.05) is 0 Å². The Balaban J connectivity index is 1.81. The first kappa shape index (κ1) is 20.5. The van der Waals surface area contributed by atoms with Crippen LogP contribution in [0.4, 0.5) is 18.9 Å². The highest BCUT2D eigenvalue weighted by Gasteiger charge is 2.21. The quantitative estimate of drug-likeness (QED) is 0.413. The zero-order valence-corrected chi connectivity index (χ0v) is 15.1. The number of anilines is 1. The lowest BCUT2D eigenvalue weighted by Gasteiger charge is -2.32. The summed E-state index contributed by atoms with van der Waals surface area (Å²) in [5, 5.41) is 8.09. The molecule has 7 nitrogen and oxygen atoms in total. The summed E-state index contributed by atoms with van der Waals surface area (Å²) in [5.74, 6) is -4.66. The van der Waals surface area contributed by atoms with E-state index in [1.807, 2.05) is 0 Å². The van der Waals surface area contributed by atoms with Crippen LogP contribution in [0.15, 0.2) is 17.1 Å². The summed E-state index contributed by atoms with van der Waals surface area (Å²) in [5.41, 5.74) is -0.444. The van der Waals surface area contributed by atoms with Crippen LogP contribution in [0.5, 0.6) is 0 Å². The van der Waals surface area contributed by atoms with Gasteiger partial charge in [-0.15, -0.1) is 0 Å². The molecular weight excluding hydrogens is 363 g/mol. The number of guanidine groups is 1. The van der Waals surface area contributed by atoms with Crippen molar-refractivity contribution in [2.24, 2.45) is 4.99 Å². The lowest BCUT2D eigenvalue weighted by molar-refractivity contribution is -0.129. The van der Waals surface area contributed by atoms with Crippen molar-refractivity contribution >= 4 is 23.5 Å². The third-order valence-electron chi connectivity index (χ3n) is 4.23. The molecule has 0 radical (unpaired) electrons. The molecule has 1 aromatic rings. The topological polar surface area (TPSA) is 85.8 Å². The van der Waals surface area contributed by atoms with Gasteiger partial charge in [-0.05, 0) is 25.0 Å². The average Bonchev–Trinajstić information content (AvgIpc) is 2.66. The summed E-state index contributed by atoms with van der Waals surface area (Å²) in [6, 6.07) is 1.77. The second-order valence-corrected chi connectivity index (χ2v) is 6.12. The number of nitrogens with one attached hydrogen (secondary N) is 3. The highest BCUT2D eigenvalue weighted by molar-refractivity contribution is 5.95. The molecule has 27 heavy (non-hydrogen) atoms. The van der Waals surface area contributed by atoms with E-state index in [1.54, 1.807) is 4.90 Å². The van der Waals surface area contributed by atoms with E-state index in [0.29, 0.717) is 19.0 Å². The predicted molar refractivity (Wildman–Crippen MR) is 94.7 cm³/mol. The summed E-state index contributed by atoms with van der Waals surface area (Å²) < 4.78 is 39.7. The molecule has 1 aliphatic heterocycles. The lowest BCUT2D eigenvalue weighted by Crippen LogP contribution is -2.50. The Labute approximate surface area is 155 Å².